The fraction of sp³-hybridized carbons (Fsp3) is 0.148. The Morgan fingerprint density at radius 1 is 0.775 bits per heavy atom. The van der Waals surface area contributed by atoms with Crippen molar-refractivity contribution in [2.75, 3.05) is 21.3 Å². The number of hydrogen-bond acceptors (Lipinski definition) is 12. The standard InChI is InChI=1S/C27H20ClN5O6S/c1-34-19-10-15(11-20(35-2)23(19)36-3)26-31-24(33-39-26)27-29-18-9-8-17(12-21(18)40-27)37-13-22-30-25(38-32-22)14-4-6-16(28)7-5-14/h4-12H,13H2,1-3H3. The van der Waals surface area contributed by atoms with Crippen LogP contribution in [0.5, 0.6) is 23.0 Å². The molecule has 40 heavy (non-hydrogen) atoms. The molecule has 0 unspecified atom stereocenters. The van der Waals surface area contributed by atoms with E-state index in [0.717, 1.165) is 15.8 Å². The minimum Gasteiger partial charge on any atom is -0.493 e. The SMILES string of the molecule is COc1cc(-c2nc(-c3nc4ccc(OCc5noc(-c6ccc(Cl)cc6)n5)cc4s3)no2)cc(OC)c1OC. The average Bonchev–Trinajstić information content (AvgIpc) is 3.75. The highest BCUT2D eigenvalue weighted by molar-refractivity contribution is 7.21. The first-order chi connectivity index (χ1) is 19.5. The molecule has 202 valence electrons. The van der Waals surface area contributed by atoms with Gasteiger partial charge in [0.15, 0.2) is 23.1 Å². The summed E-state index contributed by atoms with van der Waals surface area (Å²) in [6.45, 7) is 0.136. The molecule has 0 amide bonds. The molecule has 0 bridgehead atoms. The molecule has 3 heterocycles. The molecule has 11 nitrogen and oxygen atoms in total. The van der Waals surface area contributed by atoms with E-state index < -0.39 is 0 Å². The van der Waals surface area contributed by atoms with Crippen molar-refractivity contribution in [1.82, 2.24) is 25.3 Å². The van der Waals surface area contributed by atoms with Crippen LogP contribution in [0.4, 0.5) is 0 Å². The van der Waals surface area contributed by atoms with Crippen molar-refractivity contribution in [1.29, 1.82) is 0 Å². The van der Waals surface area contributed by atoms with Crippen molar-refractivity contribution < 1.29 is 28.0 Å². The number of nitrogens with zero attached hydrogens (tertiary/aromatic N) is 5. The van der Waals surface area contributed by atoms with Gasteiger partial charge in [0.25, 0.3) is 11.8 Å². The minimum atomic E-state index is 0.136. The third-order valence-electron chi connectivity index (χ3n) is 5.82. The number of ether oxygens (including phenoxy) is 4. The smallest absolute Gasteiger partial charge is 0.258 e. The van der Waals surface area contributed by atoms with Gasteiger partial charge >= 0.3 is 0 Å². The highest BCUT2D eigenvalue weighted by atomic mass is 35.5. The van der Waals surface area contributed by atoms with Crippen LogP contribution in [0, 0.1) is 0 Å². The Balaban J connectivity index is 1.19. The van der Waals surface area contributed by atoms with Gasteiger partial charge in [0.1, 0.15) is 5.75 Å². The highest BCUT2D eigenvalue weighted by Crippen LogP contribution is 2.41. The van der Waals surface area contributed by atoms with Gasteiger partial charge in [-0.2, -0.15) is 9.97 Å². The molecule has 0 aliphatic carbocycles. The second kappa shape index (κ2) is 10.8. The zero-order valence-electron chi connectivity index (χ0n) is 21.4. The molecular formula is C27H20ClN5O6S. The molecule has 0 atom stereocenters. The number of halogens is 1. The van der Waals surface area contributed by atoms with Crippen molar-refractivity contribution in [2.45, 2.75) is 6.61 Å². The van der Waals surface area contributed by atoms with Crippen LogP contribution in [0.15, 0.2) is 63.6 Å². The van der Waals surface area contributed by atoms with Gasteiger partial charge < -0.3 is 28.0 Å². The van der Waals surface area contributed by atoms with Crippen LogP contribution in [0.1, 0.15) is 5.82 Å². The van der Waals surface area contributed by atoms with Gasteiger partial charge in [-0.3, -0.25) is 0 Å². The van der Waals surface area contributed by atoms with E-state index in [-0.39, 0.29) is 12.5 Å². The molecule has 6 aromatic rings. The monoisotopic (exact) mass is 577 g/mol. The van der Waals surface area contributed by atoms with Crippen molar-refractivity contribution >= 4 is 33.2 Å². The molecule has 0 N–H and O–H groups in total. The van der Waals surface area contributed by atoms with Gasteiger partial charge in [-0.05, 0) is 54.6 Å². The third kappa shape index (κ3) is 5.01. The van der Waals surface area contributed by atoms with E-state index in [2.05, 4.69) is 25.3 Å². The maximum atomic E-state index is 5.94. The first-order valence-corrected chi connectivity index (χ1v) is 13.0. The average molecular weight is 578 g/mol. The zero-order valence-corrected chi connectivity index (χ0v) is 22.9. The molecule has 6 rings (SSSR count). The molecule has 3 aromatic heterocycles. The van der Waals surface area contributed by atoms with Crippen LogP contribution in [0.25, 0.3) is 44.0 Å². The summed E-state index contributed by atoms with van der Waals surface area (Å²) in [5.74, 6) is 3.51. The first-order valence-electron chi connectivity index (χ1n) is 11.8. The Morgan fingerprint density at radius 3 is 2.23 bits per heavy atom. The third-order valence-corrected chi connectivity index (χ3v) is 7.08. The van der Waals surface area contributed by atoms with Crippen molar-refractivity contribution in [2.24, 2.45) is 0 Å². The Labute approximate surface area is 236 Å². The van der Waals surface area contributed by atoms with Crippen molar-refractivity contribution in [3.05, 3.63) is 65.4 Å². The van der Waals surface area contributed by atoms with Crippen LogP contribution < -0.4 is 18.9 Å². The quantitative estimate of drug-likeness (QED) is 0.191. The van der Waals surface area contributed by atoms with E-state index in [0.29, 0.717) is 56.1 Å². The predicted octanol–water partition coefficient (Wildman–Crippen LogP) is 6.32. The molecule has 0 saturated carbocycles. The van der Waals surface area contributed by atoms with Gasteiger partial charge in [-0.15, -0.1) is 11.3 Å². The van der Waals surface area contributed by atoms with Crippen molar-refractivity contribution in [3.63, 3.8) is 0 Å². The Morgan fingerprint density at radius 2 is 1.50 bits per heavy atom. The summed E-state index contributed by atoms with van der Waals surface area (Å²) in [6.07, 6.45) is 0. The summed E-state index contributed by atoms with van der Waals surface area (Å²) in [5, 5.41) is 9.35. The lowest BCUT2D eigenvalue weighted by Gasteiger charge is -2.12. The molecular weight excluding hydrogens is 558 g/mol. The van der Waals surface area contributed by atoms with Crippen LogP contribution in [-0.4, -0.2) is 46.6 Å². The lowest BCUT2D eigenvalue weighted by molar-refractivity contribution is 0.287. The van der Waals surface area contributed by atoms with E-state index in [1.807, 2.05) is 30.3 Å². The number of rotatable bonds is 9. The molecule has 0 saturated heterocycles. The number of fused-ring (bicyclic) bond motifs is 1. The topological polar surface area (TPSA) is 128 Å². The summed E-state index contributed by atoms with van der Waals surface area (Å²) in [6, 6.07) is 16.2. The second-order valence-corrected chi connectivity index (χ2v) is 9.76. The van der Waals surface area contributed by atoms with Crippen LogP contribution in [0.3, 0.4) is 0 Å². The lowest BCUT2D eigenvalue weighted by atomic mass is 10.2. The summed E-state index contributed by atoms with van der Waals surface area (Å²) < 4.78 is 33.9. The number of hydrogen-bond donors (Lipinski definition) is 0. The Hall–Kier alpha value is -4.68. The summed E-state index contributed by atoms with van der Waals surface area (Å²) >= 11 is 7.35. The minimum absolute atomic E-state index is 0.136. The maximum absolute atomic E-state index is 5.94. The Bertz CT molecular complexity index is 1770. The largest absolute Gasteiger partial charge is 0.493 e. The molecule has 13 heteroatoms. The Kier molecular flexibility index (Phi) is 6.93. The summed E-state index contributed by atoms with van der Waals surface area (Å²) in [4.78, 5) is 13.6. The number of aromatic nitrogens is 5. The van der Waals surface area contributed by atoms with Gasteiger partial charge in [0, 0.05) is 16.1 Å². The molecule has 0 aliphatic heterocycles. The summed E-state index contributed by atoms with van der Waals surface area (Å²) in [5.41, 5.74) is 2.17. The zero-order chi connectivity index (χ0) is 27.6. The van der Waals surface area contributed by atoms with Crippen LogP contribution in [-0.2, 0) is 6.61 Å². The van der Waals surface area contributed by atoms with E-state index in [1.165, 1.54) is 11.3 Å². The number of thiazole rings is 1. The van der Waals surface area contributed by atoms with Crippen molar-refractivity contribution in [3.8, 4) is 56.7 Å². The number of methoxy groups -OCH3 is 3. The fourth-order valence-electron chi connectivity index (χ4n) is 3.89. The molecule has 0 fully saturated rings. The summed E-state index contributed by atoms with van der Waals surface area (Å²) in [7, 11) is 4.62. The van der Waals surface area contributed by atoms with Gasteiger partial charge in [0.05, 0.1) is 31.5 Å². The molecule has 3 aromatic carbocycles. The molecule has 0 aliphatic rings. The molecule has 0 radical (unpaired) electrons. The van der Waals surface area contributed by atoms with E-state index in [9.17, 15) is 0 Å². The predicted molar refractivity (Wildman–Crippen MR) is 147 cm³/mol. The van der Waals surface area contributed by atoms with E-state index in [4.69, 9.17) is 39.6 Å². The maximum Gasteiger partial charge on any atom is 0.258 e. The highest BCUT2D eigenvalue weighted by Gasteiger charge is 2.20. The first kappa shape index (κ1) is 25.6. The van der Waals surface area contributed by atoms with Crippen LogP contribution in [0.2, 0.25) is 5.02 Å². The van der Waals surface area contributed by atoms with Gasteiger partial charge in [0.2, 0.25) is 17.4 Å². The molecule has 0 spiro atoms. The van der Waals surface area contributed by atoms with Gasteiger partial charge in [-0.1, -0.05) is 21.9 Å². The van der Waals surface area contributed by atoms with E-state index in [1.54, 1.807) is 45.6 Å². The van der Waals surface area contributed by atoms with E-state index >= 15 is 0 Å². The van der Waals surface area contributed by atoms with Gasteiger partial charge in [-0.25, -0.2) is 4.98 Å². The normalized spacial score (nSPS) is 11.1. The fourth-order valence-corrected chi connectivity index (χ4v) is 4.94. The lowest BCUT2D eigenvalue weighted by Crippen LogP contribution is -1.97. The number of benzene rings is 3. The second-order valence-electron chi connectivity index (χ2n) is 8.30. The van der Waals surface area contributed by atoms with Crippen LogP contribution >= 0.6 is 22.9 Å².